The molecule has 0 aliphatic carbocycles. The minimum atomic E-state index is -0.423. The predicted octanol–water partition coefficient (Wildman–Crippen LogP) is 1.46. The van der Waals surface area contributed by atoms with Crippen LogP contribution in [0.4, 0.5) is 4.39 Å². The van der Waals surface area contributed by atoms with E-state index in [1.165, 1.54) is 16.7 Å². The number of carbonyl (C=O) groups is 1. The van der Waals surface area contributed by atoms with Gasteiger partial charge in [0.25, 0.3) is 5.56 Å². The first-order chi connectivity index (χ1) is 13.6. The molecule has 0 aliphatic rings. The van der Waals surface area contributed by atoms with E-state index < -0.39 is 5.56 Å². The number of aryl methyl sites for hydroxylation is 1. The molecular formula is C19H17FN6O2. The van der Waals surface area contributed by atoms with E-state index in [9.17, 15) is 14.0 Å². The fraction of sp³-hybridized carbons (Fsp3) is 0.211. The van der Waals surface area contributed by atoms with Crippen molar-refractivity contribution in [2.45, 2.75) is 26.4 Å². The number of rotatable bonds is 5. The Labute approximate surface area is 158 Å². The molecule has 1 amide bonds. The van der Waals surface area contributed by atoms with Crippen molar-refractivity contribution in [1.29, 1.82) is 0 Å². The summed E-state index contributed by atoms with van der Waals surface area (Å²) in [6, 6.07) is 9.39. The van der Waals surface area contributed by atoms with Crippen LogP contribution in [0, 0.1) is 5.82 Å². The molecule has 0 aliphatic heterocycles. The maximum atomic E-state index is 13.3. The molecule has 3 heterocycles. The number of pyridine rings is 1. The molecular weight excluding hydrogens is 363 g/mol. The van der Waals surface area contributed by atoms with Crippen LogP contribution in [0.3, 0.4) is 0 Å². The van der Waals surface area contributed by atoms with Gasteiger partial charge in [0.1, 0.15) is 18.2 Å². The Bertz CT molecular complexity index is 1250. The molecule has 0 atom stereocenters. The molecule has 4 aromatic rings. The average Bonchev–Trinajstić information content (AvgIpc) is 3.14. The normalized spacial score (nSPS) is 11.2. The second-order valence-electron chi connectivity index (χ2n) is 6.27. The highest BCUT2D eigenvalue weighted by atomic mass is 19.1. The van der Waals surface area contributed by atoms with Crippen molar-refractivity contribution in [2.24, 2.45) is 0 Å². The highest BCUT2D eigenvalue weighted by Crippen LogP contribution is 2.13. The molecule has 0 radical (unpaired) electrons. The molecule has 28 heavy (non-hydrogen) atoms. The number of nitrogens with one attached hydrogen (secondary N) is 1. The number of carbonyl (C=O) groups excluding carboxylic acids is 1. The van der Waals surface area contributed by atoms with Crippen molar-refractivity contribution in [3.05, 3.63) is 70.2 Å². The molecule has 4 rings (SSSR count). The first-order valence-electron chi connectivity index (χ1n) is 8.81. The fourth-order valence-electron chi connectivity index (χ4n) is 3.11. The number of amides is 1. The monoisotopic (exact) mass is 380 g/mol. The molecule has 1 aromatic carbocycles. The summed E-state index contributed by atoms with van der Waals surface area (Å²) in [5, 5.41) is 10.7. The Morgan fingerprint density at radius 2 is 2.04 bits per heavy atom. The van der Waals surface area contributed by atoms with Gasteiger partial charge in [-0.2, -0.15) is 0 Å². The third kappa shape index (κ3) is 3.11. The van der Waals surface area contributed by atoms with Crippen LogP contribution in [0.5, 0.6) is 0 Å². The molecule has 0 spiro atoms. The second kappa shape index (κ2) is 7.18. The summed E-state index contributed by atoms with van der Waals surface area (Å²) in [4.78, 5) is 29.7. The Morgan fingerprint density at radius 1 is 1.18 bits per heavy atom. The van der Waals surface area contributed by atoms with Crippen LogP contribution in [-0.2, 0) is 24.3 Å². The Hall–Kier alpha value is -3.62. The Morgan fingerprint density at radius 3 is 2.82 bits per heavy atom. The summed E-state index contributed by atoms with van der Waals surface area (Å²) in [5.41, 5.74) is 1.36. The van der Waals surface area contributed by atoms with Gasteiger partial charge in [0.05, 0.1) is 5.52 Å². The van der Waals surface area contributed by atoms with Crippen molar-refractivity contribution in [3.63, 3.8) is 0 Å². The van der Waals surface area contributed by atoms with Crippen LogP contribution < -0.4 is 10.9 Å². The van der Waals surface area contributed by atoms with Gasteiger partial charge in [-0.15, -0.1) is 10.2 Å². The first-order valence-corrected chi connectivity index (χ1v) is 8.81. The van der Waals surface area contributed by atoms with Crippen LogP contribution in [0.15, 0.2) is 47.4 Å². The van der Waals surface area contributed by atoms with Gasteiger partial charge in [-0.3, -0.25) is 18.6 Å². The predicted molar refractivity (Wildman–Crippen MR) is 100 cm³/mol. The molecule has 8 nitrogen and oxygen atoms in total. The molecule has 142 valence electrons. The zero-order valence-electron chi connectivity index (χ0n) is 15.1. The first kappa shape index (κ1) is 17.8. The molecule has 0 unspecified atom stereocenters. The van der Waals surface area contributed by atoms with Crippen LogP contribution in [0.25, 0.3) is 16.8 Å². The quantitative estimate of drug-likeness (QED) is 0.566. The van der Waals surface area contributed by atoms with E-state index in [4.69, 9.17) is 0 Å². The zero-order valence-corrected chi connectivity index (χ0v) is 15.1. The Kier molecular flexibility index (Phi) is 4.56. The van der Waals surface area contributed by atoms with E-state index in [0.29, 0.717) is 29.0 Å². The van der Waals surface area contributed by atoms with E-state index in [1.54, 1.807) is 34.9 Å². The Balaban J connectivity index is 1.69. The van der Waals surface area contributed by atoms with E-state index in [2.05, 4.69) is 20.5 Å². The number of hydrogen-bond donors (Lipinski definition) is 1. The maximum Gasteiger partial charge on any atom is 0.297 e. The summed E-state index contributed by atoms with van der Waals surface area (Å²) < 4.78 is 16.2. The van der Waals surface area contributed by atoms with Crippen LogP contribution in [-0.4, -0.2) is 30.1 Å². The van der Waals surface area contributed by atoms with Gasteiger partial charge in [-0.05, 0) is 29.8 Å². The molecule has 0 saturated heterocycles. The number of halogens is 1. The van der Waals surface area contributed by atoms with Crippen LogP contribution in [0.2, 0.25) is 0 Å². The lowest BCUT2D eigenvalue weighted by atomic mass is 10.2. The minimum absolute atomic E-state index is 0.126. The number of aromatic nitrogens is 5. The lowest BCUT2D eigenvalue weighted by Gasteiger charge is -2.12. The van der Waals surface area contributed by atoms with E-state index in [1.807, 2.05) is 6.92 Å². The van der Waals surface area contributed by atoms with E-state index in [0.717, 1.165) is 0 Å². The van der Waals surface area contributed by atoms with Crippen molar-refractivity contribution >= 4 is 22.7 Å². The lowest BCUT2D eigenvalue weighted by Crippen LogP contribution is -2.33. The van der Waals surface area contributed by atoms with Gasteiger partial charge in [0, 0.05) is 19.2 Å². The summed E-state index contributed by atoms with van der Waals surface area (Å²) in [5.74, 6) is -0.126. The van der Waals surface area contributed by atoms with Crippen molar-refractivity contribution < 1.29 is 9.18 Å². The van der Waals surface area contributed by atoms with Gasteiger partial charge in [0.2, 0.25) is 11.6 Å². The molecule has 0 fully saturated rings. The van der Waals surface area contributed by atoms with Crippen molar-refractivity contribution in [2.75, 3.05) is 0 Å². The zero-order chi connectivity index (χ0) is 19.7. The van der Waals surface area contributed by atoms with Gasteiger partial charge >= 0.3 is 0 Å². The van der Waals surface area contributed by atoms with Gasteiger partial charge in [-0.25, -0.2) is 9.37 Å². The average molecular weight is 380 g/mol. The number of fused-ring (bicyclic) bond motifs is 3. The summed E-state index contributed by atoms with van der Waals surface area (Å²) in [6.45, 7) is 1.87. The number of hydrogen-bond acceptors (Lipinski definition) is 5. The van der Waals surface area contributed by atoms with Gasteiger partial charge < -0.3 is 5.32 Å². The fourth-order valence-corrected chi connectivity index (χ4v) is 3.11. The molecule has 0 saturated carbocycles. The number of benzene rings is 1. The summed E-state index contributed by atoms with van der Waals surface area (Å²) in [7, 11) is 0. The highest BCUT2D eigenvalue weighted by Gasteiger charge is 2.18. The smallest absolute Gasteiger partial charge is 0.297 e. The van der Waals surface area contributed by atoms with E-state index >= 15 is 0 Å². The number of nitrogens with zero attached hydrogens (tertiary/aromatic N) is 5. The molecule has 0 bridgehead atoms. The largest absolute Gasteiger partial charge is 0.350 e. The van der Waals surface area contributed by atoms with E-state index in [-0.39, 0.29) is 30.5 Å². The third-order valence-electron chi connectivity index (χ3n) is 4.43. The van der Waals surface area contributed by atoms with Crippen LogP contribution in [0.1, 0.15) is 18.3 Å². The maximum absolute atomic E-state index is 13.3. The van der Waals surface area contributed by atoms with Crippen molar-refractivity contribution in [1.82, 2.24) is 29.5 Å². The molecule has 1 N–H and O–H groups in total. The minimum Gasteiger partial charge on any atom is -0.350 e. The molecule has 3 aromatic heterocycles. The topological polar surface area (TPSA) is 94.2 Å². The summed E-state index contributed by atoms with van der Waals surface area (Å²) in [6.07, 6.45) is 2.20. The van der Waals surface area contributed by atoms with Crippen LogP contribution >= 0.6 is 0 Å². The summed E-state index contributed by atoms with van der Waals surface area (Å²) >= 11 is 0. The van der Waals surface area contributed by atoms with Gasteiger partial charge in [0.15, 0.2) is 5.65 Å². The second-order valence-corrected chi connectivity index (χ2v) is 6.27. The van der Waals surface area contributed by atoms with Crippen molar-refractivity contribution in [3.8, 4) is 0 Å². The SMILES string of the molecule is CCc1nnc2c(=O)n(CC(=O)NCc3cccc(F)c3)c3cccnc3n12. The van der Waals surface area contributed by atoms with Gasteiger partial charge in [-0.1, -0.05) is 19.1 Å². The highest BCUT2D eigenvalue weighted by molar-refractivity contribution is 5.80. The third-order valence-corrected chi connectivity index (χ3v) is 4.43. The standard InChI is InChI=1S/C19H17FN6O2/c1-2-15-23-24-18-19(28)25(14-7-4-8-21-17(14)26(15)18)11-16(27)22-10-12-5-3-6-13(20)9-12/h3-9H,2,10-11H2,1H3,(H,22,27). The molecule has 9 heteroatoms. The lowest BCUT2D eigenvalue weighted by molar-refractivity contribution is -0.121.